The van der Waals surface area contributed by atoms with Crippen LogP contribution in [-0.2, 0) is 47.4 Å². The van der Waals surface area contributed by atoms with Crippen LogP contribution in [0.2, 0.25) is 0 Å². The second kappa shape index (κ2) is 23.5. The molecule has 8 aliphatic rings. The molecule has 84 heavy (non-hydrogen) atoms. The Hall–Kier alpha value is -4.05. The fourth-order valence-electron chi connectivity index (χ4n) is 17.1. The molecule has 22 heteroatoms. The Morgan fingerprint density at radius 2 is 1.24 bits per heavy atom. The number of ether oxygens (including phenoxy) is 9. The highest BCUT2D eigenvalue weighted by Crippen LogP contribution is 2.76. The van der Waals surface area contributed by atoms with Crippen molar-refractivity contribution in [2.24, 2.45) is 50.2 Å². The highest BCUT2D eigenvalue weighted by Gasteiger charge is 2.74. The van der Waals surface area contributed by atoms with Crippen LogP contribution in [0.15, 0.2) is 72.3 Å². The lowest BCUT2D eigenvalue weighted by molar-refractivity contribution is -0.392. The Bertz CT molecular complexity index is 2710. The summed E-state index contributed by atoms with van der Waals surface area (Å²) in [6, 6.07) is 17.0. The van der Waals surface area contributed by atoms with Crippen molar-refractivity contribution in [1.29, 1.82) is 0 Å². The van der Waals surface area contributed by atoms with Crippen LogP contribution in [0.25, 0.3) is 0 Å². The summed E-state index contributed by atoms with van der Waals surface area (Å²) in [7, 11) is 1.08. The predicted octanol–water partition coefficient (Wildman–Crippen LogP) is 2.08. The summed E-state index contributed by atoms with van der Waals surface area (Å²) in [6.45, 7) is 13.1. The second-order valence-corrected chi connectivity index (χ2v) is 27.0. The van der Waals surface area contributed by atoms with Crippen molar-refractivity contribution >= 4 is 17.9 Å². The molecule has 2 aromatic rings. The minimum Gasteiger partial charge on any atom is -0.467 e. The topological polar surface area (TPSA) is 337 Å². The molecule has 10 N–H and O–H groups in total. The summed E-state index contributed by atoms with van der Waals surface area (Å²) < 4.78 is 55.2. The number of methoxy groups -OCH3 is 1. The highest BCUT2D eigenvalue weighted by molar-refractivity contribution is 5.90. The van der Waals surface area contributed by atoms with E-state index in [4.69, 9.17) is 42.6 Å². The summed E-state index contributed by atoms with van der Waals surface area (Å²) in [5.74, 6) is -2.90. The van der Waals surface area contributed by atoms with Crippen molar-refractivity contribution in [1.82, 2.24) is 0 Å². The smallest absolute Gasteiger partial charge is 0.338 e. The van der Waals surface area contributed by atoms with Crippen molar-refractivity contribution < 1.29 is 108 Å². The van der Waals surface area contributed by atoms with Gasteiger partial charge >= 0.3 is 17.9 Å². The van der Waals surface area contributed by atoms with Gasteiger partial charge in [0, 0.05) is 5.41 Å². The molecular weight excluding hydrogens is 1100 g/mol. The fourth-order valence-corrected chi connectivity index (χ4v) is 17.1. The molecule has 3 heterocycles. The van der Waals surface area contributed by atoms with Gasteiger partial charge in [-0.05, 0) is 109 Å². The third-order valence-corrected chi connectivity index (χ3v) is 21.9. The van der Waals surface area contributed by atoms with Crippen molar-refractivity contribution in [3.05, 3.63) is 83.4 Å². The average Bonchev–Trinajstić information content (AvgIpc) is 0.717. The Labute approximate surface area is 488 Å². The number of allylic oxidation sites excluding steroid dienone is 2. The molecule has 0 spiro atoms. The van der Waals surface area contributed by atoms with E-state index in [1.165, 1.54) is 0 Å². The van der Waals surface area contributed by atoms with Crippen LogP contribution in [0.4, 0.5) is 0 Å². The summed E-state index contributed by atoms with van der Waals surface area (Å²) in [6.07, 6.45) is -23.2. The molecule has 0 unspecified atom stereocenters. The standard InChI is InChI=1S/C62H86O22/c1-57(2)25-33-32-19-20-37-59(5)23-22-39(79-56-48(82-55-44(71)42(69)41(68)35(27-63)78-55)46(45(72)47(81-56)53(75)76-8)80-54-43(70)40(67)34(65)28-77-54)58(3,4)36(59)21-24-60(37,6)61(32,7)26-38(66)62(33,29-64)50(84-52(74)31-17-13-10-14-18-31)49(57)83-51(73)30-15-11-9-12-16-30/h9-19,33-50,54-56,63-72H,20-29H2,1-8H3/t33-,34+,35+,36-,37+,38+,39-,40-,41+,42-,43+,44+,45-,46-,47-,48+,49-,50-,54-,55-,56+,59-,60+,61+,62-/m0/s1. The van der Waals surface area contributed by atoms with Gasteiger partial charge in [0.05, 0.1) is 55.7 Å². The largest absolute Gasteiger partial charge is 0.467 e. The van der Waals surface area contributed by atoms with Crippen LogP contribution >= 0.6 is 0 Å². The van der Waals surface area contributed by atoms with Gasteiger partial charge in [0.1, 0.15) is 67.1 Å². The number of aliphatic hydroxyl groups excluding tert-OH is 10. The van der Waals surface area contributed by atoms with E-state index in [1.807, 2.05) is 13.8 Å². The first-order valence-electron chi connectivity index (χ1n) is 29.5. The number of aliphatic hydroxyl groups is 10. The van der Waals surface area contributed by atoms with Gasteiger partial charge in [-0.2, -0.15) is 0 Å². The molecule has 0 radical (unpaired) electrons. The maximum atomic E-state index is 14.3. The lowest BCUT2D eigenvalue weighted by Crippen LogP contribution is -2.72. The number of hydrogen-bond acceptors (Lipinski definition) is 22. The van der Waals surface area contributed by atoms with Gasteiger partial charge in [0.15, 0.2) is 31.1 Å². The number of fused-ring (bicyclic) bond motifs is 7. The van der Waals surface area contributed by atoms with Crippen LogP contribution < -0.4 is 0 Å². The third-order valence-electron chi connectivity index (χ3n) is 21.9. The molecule has 22 nitrogen and oxygen atoms in total. The first-order chi connectivity index (χ1) is 39.6. The molecule has 3 aliphatic heterocycles. The van der Waals surface area contributed by atoms with E-state index >= 15 is 0 Å². The molecule has 10 rings (SSSR count). The monoisotopic (exact) mass is 1180 g/mol. The van der Waals surface area contributed by atoms with Crippen molar-refractivity contribution in [2.45, 2.75) is 204 Å². The molecule has 0 aromatic heterocycles. The molecule has 4 saturated carbocycles. The SMILES string of the molecule is COC(=O)[C@H]1O[C@@H](O[C@H]2CC[C@]3(C)[C@H]4CC=C5[C@@H]6CC(C)(C)[C@@H](OC(=O)c7ccccc7)[C@H](OC(=O)c7ccccc7)[C@]6(CO)[C@H](O)C[C@@]5(C)[C@]4(C)CC[C@H]3C2(C)C)[C@H](O[C@@H]2O[C@H](CO)[C@@H](O)[C@H](O)[C@H]2O)[C@@H](O[C@@H]2OC[C@@H](O)[C@H](O)[C@H]2O)[C@@H]1O. The molecule has 3 saturated heterocycles. The molecule has 0 bridgehead atoms. The van der Waals surface area contributed by atoms with E-state index in [0.717, 1.165) is 12.7 Å². The predicted molar refractivity (Wildman–Crippen MR) is 292 cm³/mol. The van der Waals surface area contributed by atoms with E-state index in [-0.39, 0.29) is 29.2 Å². The Balaban J connectivity index is 0.970. The normalized spacial score (nSPS) is 45.9. The number of carbonyl (C=O) groups is 3. The first kappa shape index (κ1) is 63.0. The van der Waals surface area contributed by atoms with Gasteiger partial charge in [-0.1, -0.05) is 96.5 Å². The number of carbonyl (C=O) groups excluding carboxylic acids is 3. The summed E-state index contributed by atoms with van der Waals surface area (Å²) >= 11 is 0. The zero-order valence-corrected chi connectivity index (χ0v) is 48.9. The van der Waals surface area contributed by atoms with Gasteiger partial charge < -0.3 is 93.7 Å². The van der Waals surface area contributed by atoms with E-state index in [1.54, 1.807) is 60.7 Å². The van der Waals surface area contributed by atoms with Gasteiger partial charge in [0.25, 0.3) is 0 Å². The van der Waals surface area contributed by atoms with E-state index in [0.29, 0.717) is 44.1 Å². The van der Waals surface area contributed by atoms with Crippen molar-refractivity contribution in [2.75, 3.05) is 26.9 Å². The molecule has 7 fully saturated rings. The van der Waals surface area contributed by atoms with Crippen LogP contribution in [0.5, 0.6) is 0 Å². The van der Waals surface area contributed by atoms with Gasteiger partial charge in [0.2, 0.25) is 0 Å². The lowest BCUT2D eigenvalue weighted by atomic mass is 9.33. The summed E-state index contributed by atoms with van der Waals surface area (Å²) in [5, 5.41) is 112. The molecule has 25 atom stereocenters. The Kier molecular flexibility index (Phi) is 17.6. The van der Waals surface area contributed by atoms with E-state index < -0.39 is 181 Å². The maximum absolute atomic E-state index is 14.3. The van der Waals surface area contributed by atoms with Crippen LogP contribution in [0, 0.1) is 50.2 Å². The number of rotatable bonds is 13. The first-order valence-corrected chi connectivity index (χ1v) is 29.5. The Morgan fingerprint density at radius 1 is 0.631 bits per heavy atom. The van der Waals surface area contributed by atoms with Crippen molar-refractivity contribution in [3.8, 4) is 0 Å². The third kappa shape index (κ3) is 10.3. The van der Waals surface area contributed by atoms with E-state index in [9.17, 15) is 65.4 Å². The molecule has 2 aromatic carbocycles. The molecule has 466 valence electrons. The summed E-state index contributed by atoms with van der Waals surface area (Å²) in [4.78, 5) is 41.8. The zero-order valence-electron chi connectivity index (χ0n) is 48.9. The van der Waals surface area contributed by atoms with Gasteiger partial charge in [-0.3, -0.25) is 0 Å². The minimum atomic E-state index is -1.98. The fraction of sp³-hybridized carbons (Fsp3) is 0.726. The number of hydrogen-bond donors (Lipinski definition) is 10. The lowest BCUT2D eigenvalue weighted by Gasteiger charge is -2.72. The van der Waals surface area contributed by atoms with Gasteiger partial charge in [-0.25, -0.2) is 14.4 Å². The molecular formula is C62H86O22. The second-order valence-electron chi connectivity index (χ2n) is 27.0. The maximum Gasteiger partial charge on any atom is 0.338 e. The zero-order chi connectivity index (χ0) is 60.8. The van der Waals surface area contributed by atoms with Crippen molar-refractivity contribution in [3.63, 3.8) is 0 Å². The van der Waals surface area contributed by atoms with E-state index in [2.05, 4.69) is 40.7 Å². The molecule has 5 aliphatic carbocycles. The Morgan fingerprint density at radius 3 is 1.85 bits per heavy atom. The van der Waals surface area contributed by atoms with Crippen LogP contribution in [0.3, 0.4) is 0 Å². The quantitative estimate of drug-likeness (QED) is 0.0594. The van der Waals surface area contributed by atoms with Crippen LogP contribution in [0.1, 0.15) is 114 Å². The highest BCUT2D eigenvalue weighted by atomic mass is 16.8. The minimum absolute atomic E-state index is 0.0232. The average molecular weight is 1180 g/mol. The van der Waals surface area contributed by atoms with Gasteiger partial charge in [-0.15, -0.1) is 0 Å². The molecule has 0 amide bonds. The summed E-state index contributed by atoms with van der Waals surface area (Å²) in [5.41, 5.74) is -2.91. The van der Waals surface area contributed by atoms with Crippen LogP contribution in [-0.4, -0.2) is 206 Å². The number of esters is 3. The number of benzene rings is 2.